The van der Waals surface area contributed by atoms with Crippen molar-refractivity contribution in [2.24, 2.45) is 11.3 Å². The number of hydrogen-bond acceptors (Lipinski definition) is 4. The Morgan fingerprint density at radius 2 is 1.62 bits per heavy atom. The summed E-state index contributed by atoms with van der Waals surface area (Å²) in [6.07, 6.45) is 4.23. The van der Waals surface area contributed by atoms with E-state index in [1.54, 1.807) is 24.3 Å². The second kappa shape index (κ2) is 8.02. The van der Waals surface area contributed by atoms with E-state index >= 15 is 0 Å². The van der Waals surface area contributed by atoms with Gasteiger partial charge in [-0.15, -0.1) is 0 Å². The Balaban J connectivity index is 1.77. The molecule has 0 radical (unpaired) electrons. The molecule has 2 rings (SSSR count). The molecule has 0 amide bonds. The summed E-state index contributed by atoms with van der Waals surface area (Å²) in [5, 5.41) is 0. The maximum absolute atomic E-state index is 12.1. The fraction of sp³-hybridized carbons (Fsp3) is 0.650. The average Bonchev–Trinajstić information content (AvgIpc) is 2.52. The molecule has 0 heterocycles. The van der Waals surface area contributed by atoms with Crippen molar-refractivity contribution in [1.82, 2.24) is 0 Å². The molecule has 0 aromatic heterocycles. The molecule has 134 valence electrons. The van der Waals surface area contributed by atoms with E-state index in [-0.39, 0.29) is 12.2 Å². The van der Waals surface area contributed by atoms with E-state index in [4.69, 9.17) is 14.5 Å². The number of rotatable bonds is 5. The van der Waals surface area contributed by atoms with Gasteiger partial charge in [0.2, 0.25) is 0 Å². The van der Waals surface area contributed by atoms with E-state index < -0.39 is 5.97 Å². The van der Waals surface area contributed by atoms with Crippen LogP contribution in [0.4, 0.5) is 0 Å². The molecule has 0 aliphatic heterocycles. The third-order valence-corrected chi connectivity index (χ3v) is 4.62. The third-order valence-electron chi connectivity index (χ3n) is 4.62. The van der Waals surface area contributed by atoms with Crippen molar-refractivity contribution < 1.29 is 19.3 Å². The first-order valence-corrected chi connectivity index (χ1v) is 8.90. The summed E-state index contributed by atoms with van der Waals surface area (Å²) in [7, 11) is 0. The maximum atomic E-state index is 12.1. The van der Waals surface area contributed by atoms with Crippen molar-refractivity contribution in [2.45, 2.75) is 72.5 Å². The number of hydrogen-bond donors (Lipinski definition) is 0. The molecule has 0 unspecified atom stereocenters. The van der Waals surface area contributed by atoms with Crippen LogP contribution in [0.3, 0.4) is 0 Å². The molecule has 1 aromatic carbocycles. The van der Waals surface area contributed by atoms with Crippen LogP contribution in [0.5, 0.6) is 5.75 Å². The van der Waals surface area contributed by atoms with E-state index in [2.05, 4.69) is 20.8 Å². The molecule has 1 aromatic rings. The minimum Gasteiger partial charge on any atom is -0.491 e. The van der Waals surface area contributed by atoms with E-state index in [0.29, 0.717) is 16.9 Å². The van der Waals surface area contributed by atoms with Gasteiger partial charge < -0.3 is 4.74 Å². The van der Waals surface area contributed by atoms with Crippen LogP contribution in [0.2, 0.25) is 0 Å². The summed E-state index contributed by atoms with van der Waals surface area (Å²) < 4.78 is 5.56. The molecule has 1 saturated carbocycles. The Labute approximate surface area is 145 Å². The predicted octanol–water partition coefficient (Wildman–Crippen LogP) is 5.17. The Morgan fingerprint density at radius 1 is 1.04 bits per heavy atom. The van der Waals surface area contributed by atoms with Crippen LogP contribution in [0.1, 0.15) is 70.7 Å². The number of ether oxygens (including phenoxy) is 1. The molecule has 0 N–H and O–H groups in total. The highest BCUT2D eigenvalue weighted by molar-refractivity contribution is 5.89. The molecular formula is C20H30O4. The smallest absolute Gasteiger partial charge is 0.373 e. The fourth-order valence-electron chi connectivity index (χ4n) is 3.13. The third kappa shape index (κ3) is 5.52. The Kier molecular flexibility index (Phi) is 6.27. The molecule has 4 nitrogen and oxygen atoms in total. The average molecular weight is 334 g/mol. The van der Waals surface area contributed by atoms with E-state index in [1.807, 2.05) is 13.8 Å². The van der Waals surface area contributed by atoms with Crippen LogP contribution in [-0.4, -0.2) is 18.2 Å². The first-order chi connectivity index (χ1) is 11.3. The summed E-state index contributed by atoms with van der Waals surface area (Å²) >= 11 is 0. The van der Waals surface area contributed by atoms with Gasteiger partial charge in [0.15, 0.2) is 0 Å². The van der Waals surface area contributed by atoms with Crippen molar-refractivity contribution in [1.29, 1.82) is 0 Å². The van der Waals surface area contributed by atoms with Gasteiger partial charge in [0.1, 0.15) is 11.9 Å². The summed E-state index contributed by atoms with van der Waals surface area (Å²) in [5.74, 6) is 0.994. The van der Waals surface area contributed by atoms with E-state index in [9.17, 15) is 4.79 Å². The highest BCUT2D eigenvalue weighted by Gasteiger charge is 2.31. The number of benzene rings is 1. The van der Waals surface area contributed by atoms with Gasteiger partial charge in [-0.25, -0.2) is 4.79 Å². The topological polar surface area (TPSA) is 44.8 Å². The zero-order valence-corrected chi connectivity index (χ0v) is 15.5. The van der Waals surface area contributed by atoms with Crippen molar-refractivity contribution in [3.63, 3.8) is 0 Å². The normalized spacial score (nSPS) is 21.6. The molecule has 1 aliphatic rings. The second-order valence-corrected chi connectivity index (χ2v) is 8.00. The van der Waals surface area contributed by atoms with Crippen molar-refractivity contribution in [3.05, 3.63) is 29.8 Å². The lowest BCUT2D eigenvalue weighted by molar-refractivity contribution is -0.281. The van der Waals surface area contributed by atoms with Gasteiger partial charge >= 0.3 is 5.97 Å². The molecule has 0 spiro atoms. The summed E-state index contributed by atoms with van der Waals surface area (Å²) in [4.78, 5) is 22.5. The van der Waals surface area contributed by atoms with Crippen LogP contribution >= 0.6 is 0 Å². The lowest BCUT2D eigenvalue weighted by Gasteiger charge is -2.36. The van der Waals surface area contributed by atoms with Gasteiger partial charge in [-0.2, -0.15) is 4.89 Å². The van der Waals surface area contributed by atoms with E-state index in [1.165, 1.54) is 0 Å². The first-order valence-electron chi connectivity index (χ1n) is 8.90. The molecule has 4 heteroatoms. The second-order valence-electron chi connectivity index (χ2n) is 8.00. The zero-order valence-electron chi connectivity index (χ0n) is 15.5. The minimum absolute atomic E-state index is 0.0103. The van der Waals surface area contributed by atoms with Gasteiger partial charge in [0.25, 0.3) is 0 Å². The standard InChI is InChI=1S/C20H30O4/c1-14(2)22-17-10-6-15(7-11-17)19(21)24-23-18-12-8-16(9-13-18)20(3,4)5/h6-7,10-11,14,16,18H,8-9,12-13H2,1-5H3. The van der Waals surface area contributed by atoms with Gasteiger partial charge in [-0.3, -0.25) is 4.89 Å². The SMILES string of the molecule is CC(C)Oc1ccc(C(=O)OOC2CCC(C(C)(C)C)CC2)cc1. The molecule has 0 saturated heterocycles. The van der Waals surface area contributed by atoms with Gasteiger partial charge in [-0.1, -0.05) is 20.8 Å². The zero-order chi connectivity index (χ0) is 17.7. The molecular weight excluding hydrogens is 304 g/mol. The Bertz CT molecular complexity index is 520. The van der Waals surface area contributed by atoms with Crippen molar-refractivity contribution in [2.75, 3.05) is 0 Å². The first kappa shape index (κ1) is 18.8. The van der Waals surface area contributed by atoms with Gasteiger partial charge in [0, 0.05) is 0 Å². The van der Waals surface area contributed by atoms with Crippen LogP contribution < -0.4 is 4.74 Å². The van der Waals surface area contributed by atoms with Crippen LogP contribution in [0, 0.1) is 11.3 Å². The Hall–Kier alpha value is -1.55. The molecule has 24 heavy (non-hydrogen) atoms. The summed E-state index contributed by atoms with van der Waals surface area (Å²) in [6, 6.07) is 6.93. The lowest BCUT2D eigenvalue weighted by Crippen LogP contribution is -2.29. The highest BCUT2D eigenvalue weighted by atomic mass is 17.2. The van der Waals surface area contributed by atoms with Crippen LogP contribution in [0.15, 0.2) is 24.3 Å². The predicted molar refractivity (Wildman–Crippen MR) is 93.9 cm³/mol. The van der Waals surface area contributed by atoms with Crippen LogP contribution in [0.25, 0.3) is 0 Å². The molecule has 0 bridgehead atoms. The van der Waals surface area contributed by atoms with Crippen LogP contribution in [-0.2, 0) is 9.78 Å². The van der Waals surface area contributed by atoms with Gasteiger partial charge in [-0.05, 0) is 75.1 Å². The largest absolute Gasteiger partial charge is 0.491 e. The number of carbonyl (C=O) groups excluding carboxylic acids is 1. The molecule has 0 atom stereocenters. The van der Waals surface area contributed by atoms with Crippen molar-refractivity contribution >= 4 is 5.97 Å². The Morgan fingerprint density at radius 3 is 2.12 bits per heavy atom. The highest BCUT2D eigenvalue weighted by Crippen LogP contribution is 2.38. The van der Waals surface area contributed by atoms with Crippen molar-refractivity contribution in [3.8, 4) is 5.75 Å². The minimum atomic E-state index is -0.455. The lowest BCUT2D eigenvalue weighted by atomic mass is 9.72. The van der Waals surface area contributed by atoms with E-state index in [0.717, 1.165) is 31.4 Å². The monoisotopic (exact) mass is 334 g/mol. The fourth-order valence-corrected chi connectivity index (χ4v) is 3.13. The van der Waals surface area contributed by atoms with Gasteiger partial charge in [0.05, 0.1) is 11.7 Å². The molecule has 1 fully saturated rings. The maximum Gasteiger partial charge on any atom is 0.373 e. The summed E-state index contributed by atoms with van der Waals surface area (Å²) in [6.45, 7) is 10.8. The summed E-state index contributed by atoms with van der Waals surface area (Å²) in [5.41, 5.74) is 0.802. The quantitative estimate of drug-likeness (QED) is 0.550. The number of carbonyl (C=O) groups is 1. The molecule has 1 aliphatic carbocycles.